The number of aliphatic hydroxyl groups is 2. The van der Waals surface area contributed by atoms with Crippen molar-refractivity contribution in [3.8, 4) is 5.75 Å². The van der Waals surface area contributed by atoms with Crippen molar-refractivity contribution < 1.29 is 46.4 Å². The molecule has 12 heteroatoms. The first-order valence-corrected chi connectivity index (χ1v) is 10.6. The first-order valence-electron chi connectivity index (χ1n) is 10.6. The second-order valence-electron chi connectivity index (χ2n) is 8.55. The number of amides is 1. The van der Waals surface area contributed by atoms with Gasteiger partial charge in [0.2, 0.25) is 5.82 Å². The van der Waals surface area contributed by atoms with E-state index in [1.807, 2.05) is 0 Å². The Morgan fingerprint density at radius 3 is 2.57 bits per heavy atom. The number of rotatable bonds is 6. The molecule has 1 aliphatic heterocycles. The van der Waals surface area contributed by atoms with Gasteiger partial charge in [0.25, 0.3) is 5.91 Å². The fourth-order valence-electron chi connectivity index (χ4n) is 4.19. The van der Waals surface area contributed by atoms with Crippen molar-refractivity contribution in [2.24, 2.45) is 5.92 Å². The third-order valence-corrected chi connectivity index (χ3v) is 6.47. The summed E-state index contributed by atoms with van der Waals surface area (Å²) in [5.74, 6) is -7.04. The highest BCUT2D eigenvalue weighted by molar-refractivity contribution is 5.96. The number of anilines is 1. The molecular formula is C23H25F5N2O5. The van der Waals surface area contributed by atoms with E-state index in [1.54, 1.807) is 6.92 Å². The Morgan fingerprint density at radius 2 is 2.00 bits per heavy atom. The Labute approximate surface area is 197 Å². The van der Waals surface area contributed by atoms with Crippen LogP contribution in [0.5, 0.6) is 5.75 Å². The number of ether oxygens (including phenoxy) is 2. The normalized spacial score (nSPS) is 25.4. The van der Waals surface area contributed by atoms with Crippen molar-refractivity contribution in [3.05, 3.63) is 52.9 Å². The zero-order valence-corrected chi connectivity index (χ0v) is 19.3. The minimum Gasteiger partial charge on any atom is -0.493 e. The van der Waals surface area contributed by atoms with E-state index in [2.05, 4.69) is 10.3 Å². The van der Waals surface area contributed by atoms with Gasteiger partial charge in [0.1, 0.15) is 12.2 Å². The number of methoxy groups -OCH3 is 1. The second-order valence-corrected chi connectivity index (χ2v) is 8.55. The van der Waals surface area contributed by atoms with Crippen LogP contribution in [0.15, 0.2) is 24.4 Å². The zero-order chi connectivity index (χ0) is 26.3. The predicted octanol–water partition coefficient (Wildman–Crippen LogP) is 3.78. The van der Waals surface area contributed by atoms with Crippen LogP contribution in [0.2, 0.25) is 0 Å². The van der Waals surface area contributed by atoms with Crippen molar-refractivity contribution in [3.63, 3.8) is 0 Å². The Morgan fingerprint density at radius 1 is 1.34 bits per heavy atom. The zero-order valence-electron chi connectivity index (χ0n) is 19.3. The Hall–Kier alpha value is -2.83. The lowest BCUT2D eigenvalue weighted by atomic mass is 9.77. The van der Waals surface area contributed by atoms with E-state index in [1.165, 1.54) is 19.2 Å². The molecule has 0 aliphatic carbocycles. The van der Waals surface area contributed by atoms with Gasteiger partial charge in [0.15, 0.2) is 17.2 Å². The van der Waals surface area contributed by atoms with Gasteiger partial charge < -0.3 is 25.0 Å². The summed E-state index contributed by atoms with van der Waals surface area (Å²) in [6, 6.07) is 3.08. The van der Waals surface area contributed by atoms with Crippen molar-refractivity contribution >= 4 is 11.6 Å². The van der Waals surface area contributed by atoms with Crippen LogP contribution in [0, 0.1) is 24.5 Å². The topological polar surface area (TPSA) is 101 Å². The Balaban J connectivity index is 2.08. The number of aliphatic hydroxyl groups excluding tert-OH is 2. The molecule has 2 heterocycles. The fourth-order valence-corrected chi connectivity index (χ4v) is 4.19. The molecule has 5 atom stereocenters. The number of alkyl halides is 3. The monoisotopic (exact) mass is 504 g/mol. The third kappa shape index (κ3) is 4.69. The van der Waals surface area contributed by atoms with Crippen molar-refractivity contribution in [2.75, 3.05) is 19.0 Å². The predicted molar refractivity (Wildman–Crippen MR) is 114 cm³/mol. The van der Waals surface area contributed by atoms with Crippen LogP contribution in [-0.4, -0.2) is 52.7 Å². The SMILES string of the molecule is COc1c([C@H]2[C@H](C(=O)Nc3cc([C@@H](O)CO)ncc3C)O[C@@](C)(C(F)(F)F)[C@H]2C)ccc(F)c1F. The van der Waals surface area contributed by atoms with Crippen LogP contribution in [0.3, 0.4) is 0 Å². The van der Waals surface area contributed by atoms with Crippen LogP contribution in [-0.2, 0) is 9.53 Å². The lowest BCUT2D eigenvalue weighted by Crippen LogP contribution is -2.47. The Bertz CT molecular complexity index is 1110. The Kier molecular flexibility index (Phi) is 7.39. The molecule has 0 spiro atoms. The molecule has 1 fully saturated rings. The number of hydrogen-bond donors (Lipinski definition) is 3. The summed E-state index contributed by atoms with van der Waals surface area (Å²) >= 11 is 0. The summed E-state index contributed by atoms with van der Waals surface area (Å²) in [6.07, 6.45) is -6.70. The minimum atomic E-state index is -4.89. The van der Waals surface area contributed by atoms with Gasteiger partial charge in [-0.05, 0) is 31.5 Å². The van der Waals surface area contributed by atoms with Gasteiger partial charge in [-0.2, -0.15) is 17.6 Å². The third-order valence-electron chi connectivity index (χ3n) is 6.47. The molecule has 1 aromatic heterocycles. The average Bonchev–Trinajstić information content (AvgIpc) is 3.08. The summed E-state index contributed by atoms with van der Waals surface area (Å²) in [5, 5.41) is 21.4. The molecule has 3 rings (SSSR count). The molecule has 192 valence electrons. The number of halogens is 5. The maximum absolute atomic E-state index is 14.4. The molecule has 0 saturated carbocycles. The molecule has 0 bridgehead atoms. The molecule has 35 heavy (non-hydrogen) atoms. The standard InChI is InChI=1S/C23H25F5N2O5/c1-10-8-29-15(16(32)9-31)7-14(10)30-21(33)20-17(11(2)22(3,35-20)23(26,27)28)12-5-6-13(24)18(25)19(12)34-4/h5-8,11,16-17,20,31-32H,9H2,1-4H3,(H,29,30,33)/t11-,16-,17-,20+,22+/m0/s1. The van der Waals surface area contributed by atoms with Crippen LogP contribution < -0.4 is 10.1 Å². The summed E-state index contributed by atoms with van der Waals surface area (Å²) in [4.78, 5) is 17.2. The number of hydrogen-bond acceptors (Lipinski definition) is 6. The first kappa shape index (κ1) is 26.8. The largest absolute Gasteiger partial charge is 0.493 e. The fraction of sp³-hybridized carbons (Fsp3) is 0.478. The van der Waals surface area contributed by atoms with E-state index in [-0.39, 0.29) is 16.9 Å². The van der Waals surface area contributed by atoms with E-state index < -0.39 is 65.7 Å². The summed E-state index contributed by atoms with van der Waals surface area (Å²) in [6.45, 7) is 2.91. The second kappa shape index (κ2) is 9.67. The van der Waals surface area contributed by atoms with Crippen molar-refractivity contribution in [1.82, 2.24) is 4.98 Å². The van der Waals surface area contributed by atoms with Crippen molar-refractivity contribution in [1.29, 1.82) is 0 Å². The summed E-state index contributed by atoms with van der Waals surface area (Å²) in [5.41, 5.74) is -2.40. The molecule has 0 unspecified atom stereocenters. The van der Waals surface area contributed by atoms with Crippen LogP contribution in [0.1, 0.15) is 42.7 Å². The van der Waals surface area contributed by atoms with E-state index >= 15 is 0 Å². The van der Waals surface area contributed by atoms with Gasteiger partial charge >= 0.3 is 6.18 Å². The van der Waals surface area contributed by atoms with E-state index in [0.717, 1.165) is 26.2 Å². The van der Waals surface area contributed by atoms with Crippen LogP contribution in [0.25, 0.3) is 0 Å². The molecule has 7 nitrogen and oxygen atoms in total. The van der Waals surface area contributed by atoms with E-state index in [0.29, 0.717) is 5.56 Å². The molecule has 0 radical (unpaired) electrons. The van der Waals surface area contributed by atoms with Gasteiger partial charge in [-0.1, -0.05) is 13.0 Å². The van der Waals surface area contributed by atoms with Crippen LogP contribution >= 0.6 is 0 Å². The molecule has 1 amide bonds. The number of aromatic nitrogens is 1. The number of nitrogens with one attached hydrogen (secondary N) is 1. The number of pyridine rings is 1. The first-order chi connectivity index (χ1) is 16.3. The lowest BCUT2D eigenvalue weighted by molar-refractivity contribution is -0.272. The molecular weight excluding hydrogens is 479 g/mol. The van der Waals surface area contributed by atoms with Gasteiger partial charge in [-0.15, -0.1) is 0 Å². The smallest absolute Gasteiger partial charge is 0.417 e. The number of carbonyl (C=O) groups excluding carboxylic acids is 1. The highest BCUT2D eigenvalue weighted by atomic mass is 19.4. The minimum absolute atomic E-state index is 0.0214. The average molecular weight is 504 g/mol. The number of nitrogens with zero attached hydrogens (tertiary/aromatic N) is 1. The van der Waals surface area contributed by atoms with E-state index in [4.69, 9.17) is 14.6 Å². The van der Waals surface area contributed by atoms with E-state index in [9.17, 15) is 31.9 Å². The summed E-state index contributed by atoms with van der Waals surface area (Å²) < 4.78 is 80.6. The maximum Gasteiger partial charge on any atom is 0.417 e. The molecule has 2 aromatic rings. The van der Waals surface area contributed by atoms with Gasteiger partial charge in [0.05, 0.1) is 19.4 Å². The van der Waals surface area contributed by atoms with Gasteiger partial charge in [0, 0.05) is 29.3 Å². The highest BCUT2D eigenvalue weighted by Gasteiger charge is 2.65. The summed E-state index contributed by atoms with van der Waals surface area (Å²) in [7, 11) is 1.04. The number of aryl methyl sites for hydroxylation is 1. The van der Waals surface area contributed by atoms with Gasteiger partial charge in [-0.25, -0.2) is 4.39 Å². The molecule has 1 aromatic carbocycles. The maximum atomic E-state index is 14.4. The number of benzene rings is 1. The number of carbonyl (C=O) groups is 1. The van der Waals surface area contributed by atoms with Crippen LogP contribution in [0.4, 0.5) is 27.6 Å². The van der Waals surface area contributed by atoms with Crippen molar-refractivity contribution in [2.45, 2.75) is 50.7 Å². The molecule has 1 aliphatic rings. The lowest BCUT2D eigenvalue weighted by Gasteiger charge is -2.32. The highest BCUT2D eigenvalue weighted by Crippen LogP contribution is 2.55. The quantitative estimate of drug-likeness (QED) is 0.518. The molecule has 3 N–H and O–H groups in total. The van der Waals surface area contributed by atoms with Gasteiger partial charge in [-0.3, -0.25) is 9.78 Å². The molecule has 1 saturated heterocycles.